The van der Waals surface area contributed by atoms with Crippen LogP contribution in [0.4, 0.5) is 5.69 Å². The fourth-order valence-electron chi connectivity index (χ4n) is 1.67. The fourth-order valence-corrected chi connectivity index (χ4v) is 4.56. The van der Waals surface area contributed by atoms with Gasteiger partial charge < -0.3 is 5.73 Å². The van der Waals surface area contributed by atoms with Crippen LogP contribution < -0.4 is 5.73 Å². The molecule has 6 heteroatoms. The molecule has 0 bridgehead atoms. The maximum atomic E-state index is 12.4. The van der Waals surface area contributed by atoms with Crippen molar-refractivity contribution < 1.29 is 4.21 Å². The number of nitrogens with zero attached hydrogens (tertiary/aromatic N) is 1. The van der Waals surface area contributed by atoms with E-state index in [9.17, 15) is 4.21 Å². The SMILES string of the molecule is CC(C)(C)c1csc(CS(=O)c2c(N)cccc2Cl)n1. The Morgan fingerprint density at radius 3 is 2.65 bits per heavy atom. The molecule has 0 amide bonds. The van der Waals surface area contributed by atoms with Crippen LogP contribution in [0, 0.1) is 0 Å². The highest BCUT2D eigenvalue weighted by Gasteiger charge is 2.19. The molecule has 0 aliphatic carbocycles. The molecule has 1 aromatic heterocycles. The third-order valence-corrected chi connectivity index (χ3v) is 5.70. The zero-order valence-corrected chi connectivity index (χ0v) is 14.0. The molecule has 1 aromatic carbocycles. The van der Waals surface area contributed by atoms with Crippen molar-refractivity contribution in [2.45, 2.75) is 36.8 Å². The molecule has 1 atom stereocenters. The average molecular weight is 329 g/mol. The third-order valence-electron chi connectivity index (χ3n) is 2.80. The second kappa shape index (κ2) is 5.84. The molecule has 0 aliphatic heterocycles. The maximum absolute atomic E-state index is 12.4. The number of nitrogen functional groups attached to an aromatic ring is 1. The van der Waals surface area contributed by atoms with Crippen LogP contribution in [0.3, 0.4) is 0 Å². The quantitative estimate of drug-likeness (QED) is 0.867. The lowest BCUT2D eigenvalue weighted by Crippen LogP contribution is -2.11. The van der Waals surface area contributed by atoms with Crippen molar-refractivity contribution in [2.24, 2.45) is 0 Å². The molecule has 0 saturated heterocycles. The molecule has 2 N–H and O–H groups in total. The molecule has 3 nitrogen and oxygen atoms in total. The van der Waals surface area contributed by atoms with E-state index in [1.165, 1.54) is 11.3 Å². The molecule has 108 valence electrons. The molecule has 20 heavy (non-hydrogen) atoms. The smallest absolute Gasteiger partial charge is 0.106 e. The summed E-state index contributed by atoms with van der Waals surface area (Å²) in [7, 11) is -1.28. The van der Waals surface area contributed by atoms with Crippen LogP contribution >= 0.6 is 22.9 Å². The van der Waals surface area contributed by atoms with Gasteiger partial charge in [-0.25, -0.2) is 4.98 Å². The summed E-state index contributed by atoms with van der Waals surface area (Å²) in [6, 6.07) is 5.16. The second-order valence-corrected chi connectivity index (χ2v) is 8.26. The summed E-state index contributed by atoms with van der Waals surface area (Å²) < 4.78 is 12.4. The number of anilines is 1. The van der Waals surface area contributed by atoms with Gasteiger partial charge in [-0.1, -0.05) is 38.4 Å². The Morgan fingerprint density at radius 1 is 1.40 bits per heavy atom. The van der Waals surface area contributed by atoms with Gasteiger partial charge in [-0.2, -0.15) is 0 Å². The molecular formula is C14H17ClN2OS2. The first-order valence-electron chi connectivity index (χ1n) is 6.16. The number of hydrogen-bond acceptors (Lipinski definition) is 4. The lowest BCUT2D eigenvalue weighted by atomic mass is 9.93. The van der Waals surface area contributed by atoms with Gasteiger partial charge in [0.05, 0.1) is 32.2 Å². The highest BCUT2D eigenvalue weighted by Crippen LogP contribution is 2.29. The standard InChI is InChI=1S/C14H17ClN2OS2/c1-14(2,3)11-7-19-12(17-11)8-20(18)13-9(15)5-4-6-10(13)16/h4-7H,8,16H2,1-3H3. The first kappa shape index (κ1) is 15.5. The molecule has 0 radical (unpaired) electrons. The first-order valence-corrected chi connectivity index (χ1v) is 8.74. The molecule has 2 aromatic rings. The Bertz CT molecular complexity index is 627. The minimum absolute atomic E-state index is 0.000336. The van der Waals surface area contributed by atoms with Gasteiger partial charge >= 0.3 is 0 Å². The summed E-state index contributed by atoms with van der Waals surface area (Å²) >= 11 is 7.60. The highest BCUT2D eigenvalue weighted by molar-refractivity contribution is 7.84. The summed E-state index contributed by atoms with van der Waals surface area (Å²) in [6.07, 6.45) is 0. The van der Waals surface area contributed by atoms with Crippen molar-refractivity contribution in [3.05, 3.63) is 39.3 Å². The van der Waals surface area contributed by atoms with Crippen molar-refractivity contribution in [2.75, 3.05) is 5.73 Å². The Balaban J connectivity index is 2.22. The number of nitrogens with two attached hydrogens (primary N) is 1. The topological polar surface area (TPSA) is 56.0 Å². The van der Waals surface area contributed by atoms with Gasteiger partial charge in [0.25, 0.3) is 0 Å². The van der Waals surface area contributed by atoms with Gasteiger partial charge in [-0.05, 0) is 12.1 Å². The van der Waals surface area contributed by atoms with E-state index in [0.29, 0.717) is 21.4 Å². The lowest BCUT2D eigenvalue weighted by Gasteiger charge is -2.14. The van der Waals surface area contributed by atoms with Gasteiger partial charge in [-0.15, -0.1) is 11.3 Å². The highest BCUT2D eigenvalue weighted by atomic mass is 35.5. The van der Waals surface area contributed by atoms with Crippen molar-refractivity contribution >= 4 is 39.4 Å². The molecule has 0 fully saturated rings. The van der Waals surface area contributed by atoms with E-state index in [2.05, 4.69) is 25.8 Å². The molecule has 2 rings (SSSR count). The van der Waals surface area contributed by atoms with E-state index in [-0.39, 0.29) is 5.41 Å². The van der Waals surface area contributed by atoms with Gasteiger partial charge in [0.15, 0.2) is 0 Å². The van der Waals surface area contributed by atoms with Gasteiger partial charge in [0, 0.05) is 16.5 Å². The van der Waals surface area contributed by atoms with E-state index < -0.39 is 10.8 Å². The lowest BCUT2D eigenvalue weighted by molar-refractivity contribution is 0.571. The van der Waals surface area contributed by atoms with Crippen LogP contribution in [-0.4, -0.2) is 9.19 Å². The molecule has 0 saturated carbocycles. The van der Waals surface area contributed by atoms with Crippen molar-refractivity contribution in [3.63, 3.8) is 0 Å². The number of rotatable bonds is 3. The Hall–Kier alpha value is -0.910. The molecule has 0 aliphatic rings. The van der Waals surface area contributed by atoms with Crippen LogP contribution in [0.2, 0.25) is 5.02 Å². The van der Waals surface area contributed by atoms with Crippen LogP contribution in [-0.2, 0) is 22.0 Å². The number of hydrogen-bond donors (Lipinski definition) is 1. The second-order valence-electron chi connectivity index (χ2n) is 5.52. The maximum Gasteiger partial charge on any atom is 0.106 e. The number of halogens is 1. The average Bonchev–Trinajstić information content (AvgIpc) is 2.76. The molecule has 1 unspecified atom stereocenters. The molecular weight excluding hydrogens is 312 g/mol. The Morgan fingerprint density at radius 2 is 2.10 bits per heavy atom. The predicted octanol–water partition coefficient (Wildman–Crippen LogP) is 3.98. The van der Waals surface area contributed by atoms with E-state index in [1.54, 1.807) is 18.2 Å². The van der Waals surface area contributed by atoms with Crippen LogP contribution in [0.25, 0.3) is 0 Å². The Labute approximate surface area is 130 Å². The van der Waals surface area contributed by atoms with Crippen LogP contribution in [0.15, 0.2) is 28.5 Å². The van der Waals surface area contributed by atoms with Gasteiger partial charge in [0.2, 0.25) is 0 Å². The van der Waals surface area contributed by atoms with E-state index in [4.69, 9.17) is 17.3 Å². The van der Waals surface area contributed by atoms with Crippen molar-refractivity contribution in [1.29, 1.82) is 0 Å². The normalized spacial score (nSPS) is 13.4. The first-order chi connectivity index (χ1) is 9.29. The zero-order chi connectivity index (χ0) is 14.9. The monoisotopic (exact) mass is 328 g/mol. The van der Waals surface area contributed by atoms with Gasteiger partial charge in [0.1, 0.15) is 5.01 Å². The van der Waals surface area contributed by atoms with E-state index in [1.807, 2.05) is 5.38 Å². The van der Waals surface area contributed by atoms with Crippen LogP contribution in [0.1, 0.15) is 31.5 Å². The predicted molar refractivity (Wildman–Crippen MR) is 86.8 cm³/mol. The minimum atomic E-state index is -1.28. The summed E-state index contributed by atoms with van der Waals surface area (Å²) in [4.78, 5) is 5.05. The summed E-state index contributed by atoms with van der Waals surface area (Å²) in [5.41, 5.74) is 7.33. The summed E-state index contributed by atoms with van der Waals surface area (Å²) in [5.74, 6) is 0.342. The van der Waals surface area contributed by atoms with E-state index >= 15 is 0 Å². The Kier molecular flexibility index (Phi) is 4.52. The molecule has 1 heterocycles. The molecule has 0 spiro atoms. The van der Waals surface area contributed by atoms with E-state index in [0.717, 1.165) is 10.7 Å². The van der Waals surface area contributed by atoms with Crippen molar-refractivity contribution in [3.8, 4) is 0 Å². The zero-order valence-electron chi connectivity index (χ0n) is 11.6. The largest absolute Gasteiger partial charge is 0.398 e. The fraction of sp³-hybridized carbons (Fsp3) is 0.357. The van der Waals surface area contributed by atoms with Gasteiger partial charge in [-0.3, -0.25) is 4.21 Å². The number of aromatic nitrogens is 1. The number of benzene rings is 1. The number of thiazole rings is 1. The van der Waals surface area contributed by atoms with Crippen molar-refractivity contribution in [1.82, 2.24) is 4.98 Å². The summed E-state index contributed by atoms with van der Waals surface area (Å²) in [6.45, 7) is 6.32. The van der Waals surface area contributed by atoms with Crippen LogP contribution in [0.5, 0.6) is 0 Å². The third kappa shape index (κ3) is 3.40. The minimum Gasteiger partial charge on any atom is -0.398 e. The summed E-state index contributed by atoms with van der Waals surface area (Å²) in [5, 5.41) is 3.30.